The van der Waals surface area contributed by atoms with Crippen molar-refractivity contribution in [2.75, 3.05) is 0 Å². The van der Waals surface area contributed by atoms with Crippen molar-refractivity contribution in [1.82, 2.24) is 6.15 Å². The Labute approximate surface area is 43.3 Å². The topological polar surface area (TPSA) is 89.0 Å². The molecular formula is H4N2O2Pt+2. The Morgan fingerprint density at radius 3 is 1.60 bits per heavy atom. The number of rotatable bonds is 0. The summed E-state index contributed by atoms with van der Waals surface area (Å²) < 4.78 is 0. The van der Waals surface area contributed by atoms with Gasteiger partial charge in [0.2, 0.25) is 0 Å². The smallest absolute Gasteiger partial charge is 0.444 e. The molecular weight excluding hydrogens is 255 g/mol. The fourth-order valence-corrected chi connectivity index (χ4v) is 0. The molecule has 0 bridgehead atoms. The molecule has 0 aromatic heterocycles. The van der Waals surface area contributed by atoms with Crippen molar-refractivity contribution in [1.29, 1.82) is 0 Å². The Balaban J connectivity index is -0.0000000200. The van der Waals surface area contributed by atoms with Gasteiger partial charge in [0.25, 0.3) is 0 Å². The van der Waals surface area contributed by atoms with Crippen LogP contribution < -0.4 is 6.15 Å². The van der Waals surface area contributed by atoms with E-state index in [1.54, 1.807) is 0 Å². The van der Waals surface area contributed by atoms with Gasteiger partial charge in [-0.05, 0) is 0 Å². The third-order valence-corrected chi connectivity index (χ3v) is 0. The van der Waals surface area contributed by atoms with Gasteiger partial charge >= 0.3 is 21.1 Å². The van der Waals surface area contributed by atoms with E-state index in [1.807, 2.05) is 0 Å². The van der Waals surface area contributed by atoms with E-state index < -0.39 is 0 Å². The van der Waals surface area contributed by atoms with Gasteiger partial charge in [-0.3, -0.25) is 0 Å². The van der Waals surface area contributed by atoms with Crippen LogP contribution in [-0.2, 0) is 21.1 Å². The minimum atomic E-state index is 0. The van der Waals surface area contributed by atoms with Crippen LogP contribution in [0.15, 0.2) is 5.34 Å². The zero-order chi connectivity index (χ0) is 2.71. The Hall–Kier alpha value is 0.0483. The number of hydrogen-bond acceptors (Lipinski definition) is 3. The Bertz CT molecular complexity index is 15.1. The maximum Gasteiger partial charge on any atom is 2.00 e. The molecule has 0 heterocycles. The van der Waals surface area contributed by atoms with Crippen LogP contribution in [0.2, 0.25) is 0 Å². The van der Waals surface area contributed by atoms with Gasteiger partial charge in [-0.2, -0.15) is 0 Å². The Kier molecular flexibility index (Phi) is 135. The second kappa shape index (κ2) is 34.2. The summed E-state index contributed by atoms with van der Waals surface area (Å²) in [5, 5.41) is 9.00. The van der Waals surface area contributed by atoms with Gasteiger partial charge in [-0.1, -0.05) is 0 Å². The average molecular weight is 259 g/mol. The van der Waals surface area contributed by atoms with Crippen molar-refractivity contribution < 1.29 is 21.1 Å². The fourth-order valence-electron chi connectivity index (χ4n) is 0. The van der Waals surface area contributed by atoms with Gasteiger partial charge in [0.1, 0.15) is 0 Å². The predicted molar refractivity (Wildman–Crippen MR) is 15.1 cm³/mol. The van der Waals surface area contributed by atoms with Gasteiger partial charge in [0.15, 0.2) is 0 Å². The second-order valence-electron chi connectivity index (χ2n) is 0.0745. The molecule has 5 heavy (non-hydrogen) atoms. The molecule has 34 valence electrons. The molecule has 0 fully saturated rings. The van der Waals surface area contributed by atoms with Crippen molar-refractivity contribution >= 4 is 0 Å². The number of quaternary nitrogens is 1. The predicted octanol–water partition coefficient (Wildman–Crippen LogP) is 0.624. The van der Waals surface area contributed by atoms with Crippen LogP contribution in [-0.4, -0.2) is 0 Å². The van der Waals surface area contributed by atoms with E-state index in [0.29, 0.717) is 0 Å². The van der Waals surface area contributed by atoms with E-state index in [9.17, 15) is 0 Å². The van der Waals surface area contributed by atoms with Gasteiger partial charge in [-0.25, -0.2) is 0 Å². The van der Waals surface area contributed by atoms with E-state index in [2.05, 4.69) is 0 Å². The molecule has 0 aromatic carbocycles. The summed E-state index contributed by atoms with van der Waals surface area (Å²) in [6.07, 6.45) is 0. The summed E-state index contributed by atoms with van der Waals surface area (Å²) in [5.41, 5.74) is 0. The summed E-state index contributed by atoms with van der Waals surface area (Å²) in [4.78, 5) is 8.00. The van der Waals surface area contributed by atoms with Crippen molar-refractivity contribution in [3.05, 3.63) is 10.1 Å². The summed E-state index contributed by atoms with van der Waals surface area (Å²) in [6.45, 7) is 0. The van der Waals surface area contributed by atoms with E-state index in [1.165, 1.54) is 0 Å². The first-order chi connectivity index (χ1) is 1.41. The van der Waals surface area contributed by atoms with Crippen LogP contribution in [0.5, 0.6) is 0 Å². The van der Waals surface area contributed by atoms with Gasteiger partial charge in [0, 0.05) is 0 Å². The minimum absolute atomic E-state index is 0. The zero-order valence-electron chi connectivity index (χ0n) is 2.58. The fraction of sp³-hybridized carbons (Fsp3) is 0. The van der Waals surface area contributed by atoms with E-state index in [4.69, 9.17) is 10.1 Å². The van der Waals surface area contributed by atoms with E-state index in [0.717, 1.165) is 5.34 Å². The monoisotopic (exact) mass is 259 g/mol. The largest absolute Gasteiger partial charge is 2.00 e. The molecule has 4 N–H and O–H groups in total. The molecule has 0 aliphatic carbocycles. The third kappa shape index (κ3) is 7280. The average Bonchev–Trinajstić information content (AvgIpc) is 0.918. The Morgan fingerprint density at radius 1 is 1.60 bits per heavy atom. The van der Waals surface area contributed by atoms with Crippen molar-refractivity contribution in [2.45, 2.75) is 0 Å². The minimum Gasteiger partial charge on any atom is -0.444 e. The van der Waals surface area contributed by atoms with Crippen LogP contribution in [0.3, 0.4) is 0 Å². The van der Waals surface area contributed by atoms with Crippen LogP contribution in [0, 0.1) is 10.1 Å². The van der Waals surface area contributed by atoms with E-state index in [-0.39, 0.29) is 27.2 Å². The van der Waals surface area contributed by atoms with Crippen LogP contribution in [0.4, 0.5) is 0 Å². The van der Waals surface area contributed by atoms with Gasteiger partial charge in [-0.15, -0.1) is 5.34 Å². The third-order valence-electron chi connectivity index (χ3n) is 0. The first kappa shape index (κ1) is 19.7. The normalized spacial score (nSPS) is 2.40. The van der Waals surface area contributed by atoms with Crippen molar-refractivity contribution in [3.8, 4) is 0 Å². The molecule has 0 saturated heterocycles. The summed E-state index contributed by atoms with van der Waals surface area (Å²) in [7, 11) is 0. The van der Waals surface area contributed by atoms with Gasteiger partial charge < -0.3 is 16.3 Å². The Morgan fingerprint density at radius 2 is 1.60 bits per heavy atom. The molecule has 0 atom stereocenters. The van der Waals surface area contributed by atoms with Crippen molar-refractivity contribution in [3.63, 3.8) is 0 Å². The van der Waals surface area contributed by atoms with Crippen LogP contribution >= 0.6 is 0 Å². The van der Waals surface area contributed by atoms with Crippen molar-refractivity contribution in [2.24, 2.45) is 5.34 Å². The molecule has 5 heteroatoms. The molecule has 0 spiro atoms. The quantitative estimate of drug-likeness (QED) is 0.510. The molecule has 0 radical (unpaired) electrons. The summed E-state index contributed by atoms with van der Waals surface area (Å²) in [5.74, 6) is 0. The summed E-state index contributed by atoms with van der Waals surface area (Å²) >= 11 is 0. The standard InChI is InChI=1S/HNO2.H3N.Pt/c2-1-3;;/h(H,2,3);1H3;/q;;+2. The maximum atomic E-state index is 8.00. The molecule has 0 unspecified atom stereocenters. The molecule has 0 amide bonds. The molecule has 0 saturated carbocycles. The second-order valence-corrected chi connectivity index (χ2v) is 0.0745. The zero-order valence-corrected chi connectivity index (χ0v) is 4.85. The number of hydrogen-bond donors (Lipinski definition) is 1. The maximum absolute atomic E-state index is 8.00. The molecule has 0 aliphatic heterocycles. The number of nitrogens with zero attached hydrogens (tertiary/aromatic N) is 1. The van der Waals surface area contributed by atoms with Crippen LogP contribution in [0.25, 0.3) is 0 Å². The molecule has 0 aliphatic rings. The first-order valence-corrected chi connectivity index (χ1v) is 0.365. The van der Waals surface area contributed by atoms with Crippen LogP contribution in [0.1, 0.15) is 0 Å². The molecule has 4 nitrogen and oxygen atoms in total. The molecule has 0 aromatic rings. The van der Waals surface area contributed by atoms with Gasteiger partial charge in [0.05, 0.1) is 0 Å². The van der Waals surface area contributed by atoms with E-state index >= 15 is 0 Å². The SMILES string of the molecule is O=N[O-].[NH4+].[Pt+2]. The first-order valence-electron chi connectivity index (χ1n) is 0.365. The summed E-state index contributed by atoms with van der Waals surface area (Å²) in [6, 6.07) is 0. The molecule has 0 rings (SSSR count).